The normalized spacial score (nSPS) is 23.1. The number of nitrogens with one attached hydrogen (secondary N) is 1. The molecule has 106 valence electrons. The highest BCUT2D eigenvalue weighted by Gasteiger charge is 2.36. The van der Waals surface area contributed by atoms with Crippen LogP contribution in [0.25, 0.3) is 0 Å². The summed E-state index contributed by atoms with van der Waals surface area (Å²) in [5.41, 5.74) is -2.63. The third-order valence-electron chi connectivity index (χ3n) is 3.19. The molecule has 2 atom stereocenters. The lowest BCUT2D eigenvalue weighted by atomic mass is 9.89. The maximum absolute atomic E-state index is 14.7. The Labute approximate surface area is 118 Å². The van der Waals surface area contributed by atoms with Gasteiger partial charge < -0.3 is 10.1 Å². The lowest BCUT2D eigenvalue weighted by Crippen LogP contribution is -2.44. The summed E-state index contributed by atoms with van der Waals surface area (Å²) < 4.78 is 47.7. The van der Waals surface area contributed by atoms with Crippen LogP contribution in [-0.2, 0) is 10.4 Å². The summed E-state index contributed by atoms with van der Waals surface area (Å²) >= 11 is 2.95. The first-order chi connectivity index (χ1) is 8.92. The van der Waals surface area contributed by atoms with Gasteiger partial charge in [0.15, 0.2) is 0 Å². The third-order valence-corrected chi connectivity index (χ3v) is 3.81. The van der Waals surface area contributed by atoms with E-state index >= 15 is 0 Å². The molecule has 0 saturated carbocycles. The van der Waals surface area contributed by atoms with Crippen LogP contribution in [0.4, 0.5) is 13.2 Å². The zero-order valence-corrected chi connectivity index (χ0v) is 12.1. The maximum Gasteiger partial charge on any atom is 0.146 e. The fourth-order valence-corrected chi connectivity index (χ4v) is 2.65. The molecule has 0 amide bonds. The molecule has 1 saturated heterocycles. The Morgan fingerprint density at radius 2 is 2.21 bits per heavy atom. The number of alkyl halides is 1. The second-order valence-corrected chi connectivity index (χ2v) is 5.70. The molecule has 2 rings (SSSR count). The Hall–Kier alpha value is -0.590. The van der Waals surface area contributed by atoms with Gasteiger partial charge in [0, 0.05) is 19.0 Å². The summed E-state index contributed by atoms with van der Waals surface area (Å²) in [6.45, 7) is 2.72. The largest absolute Gasteiger partial charge is 0.379 e. The average molecular weight is 338 g/mol. The fourth-order valence-electron chi connectivity index (χ4n) is 2.32. The van der Waals surface area contributed by atoms with Crippen LogP contribution in [-0.4, -0.2) is 25.8 Å². The summed E-state index contributed by atoms with van der Waals surface area (Å²) in [6.07, 6.45) is -0.0444. The molecule has 1 fully saturated rings. The smallest absolute Gasteiger partial charge is 0.146 e. The Morgan fingerprint density at radius 3 is 2.84 bits per heavy atom. The number of benzene rings is 1. The summed E-state index contributed by atoms with van der Waals surface area (Å²) in [4.78, 5) is 0. The number of halogens is 4. The van der Waals surface area contributed by atoms with E-state index in [0.29, 0.717) is 19.8 Å². The highest BCUT2D eigenvalue weighted by atomic mass is 79.9. The number of rotatable bonds is 3. The monoisotopic (exact) mass is 337 g/mol. The van der Waals surface area contributed by atoms with Crippen LogP contribution in [0.3, 0.4) is 0 Å². The van der Waals surface area contributed by atoms with Crippen LogP contribution in [0.15, 0.2) is 16.6 Å². The fraction of sp³-hybridized carbons (Fsp3) is 0.538. The minimum Gasteiger partial charge on any atom is -0.379 e. The lowest BCUT2D eigenvalue weighted by molar-refractivity contribution is 0.0454. The summed E-state index contributed by atoms with van der Waals surface area (Å²) in [7, 11) is 0. The molecule has 0 spiro atoms. The molecule has 1 aromatic carbocycles. The van der Waals surface area contributed by atoms with Crippen LogP contribution in [0.5, 0.6) is 0 Å². The Bertz CT molecular complexity index is 461. The summed E-state index contributed by atoms with van der Waals surface area (Å²) in [5.74, 6) is -1.76. The van der Waals surface area contributed by atoms with E-state index in [1.54, 1.807) is 0 Å². The van der Waals surface area contributed by atoms with E-state index in [2.05, 4.69) is 21.2 Å². The summed E-state index contributed by atoms with van der Waals surface area (Å²) in [5, 5.41) is 3.08. The van der Waals surface area contributed by atoms with Crippen molar-refractivity contribution in [3.63, 3.8) is 0 Å². The van der Waals surface area contributed by atoms with Crippen molar-refractivity contribution in [2.24, 2.45) is 0 Å². The molecule has 1 heterocycles. The molecule has 2 unspecified atom stereocenters. The van der Waals surface area contributed by atoms with E-state index in [9.17, 15) is 13.2 Å². The van der Waals surface area contributed by atoms with Crippen LogP contribution in [0, 0.1) is 11.6 Å². The van der Waals surface area contributed by atoms with Gasteiger partial charge in [-0.25, -0.2) is 13.2 Å². The van der Waals surface area contributed by atoms with E-state index in [1.165, 1.54) is 13.0 Å². The van der Waals surface area contributed by atoms with Crippen LogP contribution < -0.4 is 5.32 Å². The Kier molecular flexibility index (Phi) is 4.53. The first-order valence-electron chi connectivity index (χ1n) is 6.06. The minimum atomic E-state index is -2.10. The molecule has 0 radical (unpaired) electrons. The molecular formula is C13H15BrF3NO. The van der Waals surface area contributed by atoms with Crippen molar-refractivity contribution in [2.75, 3.05) is 19.8 Å². The second kappa shape index (κ2) is 5.81. The molecule has 1 aliphatic rings. The lowest BCUT2D eigenvalue weighted by Gasteiger charge is -2.30. The predicted octanol–water partition coefficient (Wildman–Crippen LogP) is 3.29. The van der Waals surface area contributed by atoms with Gasteiger partial charge in [0.05, 0.1) is 23.2 Å². The molecule has 0 aromatic heterocycles. The van der Waals surface area contributed by atoms with Crippen molar-refractivity contribution in [3.05, 3.63) is 33.8 Å². The second-order valence-electron chi connectivity index (χ2n) is 4.85. The highest BCUT2D eigenvalue weighted by Crippen LogP contribution is 2.37. The van der Waals surface area contributed by atoms with Crippen molar-refractivity contribution >= 4 is 15.9 Å². The van der Waals surface area contributed by atoms with Gasteiger partial charge in [-0.15, -0.1) is 0 Å². The van der Waals surface area contributed by atoms with Crippen molar-refractivity contribution in [2.45, 2.75) is 25.1 Å². The Morgan fingerprint density at radius 1 is 1.47 bits per heavy atom. The average Bonchev–Trinajstić information content (AvgIpc) is 2.35. The van der Waals surface area contributed by atoms with Crippen LogP contribution in [0.1, 0.15) is 18.9 Å². The van der Waals surface area contributed by atoms with E-state index < -0.39 is 22.9 Å². The van der Waals surface area contributed by atoms with E-state index in [1.807, 2.05) is 0 Å². The molecular weight excluding hydrogens is 323 g/mol. The number of morpholine rings is 1. The van der Waals surface area contributed by atoms with Crippen molar-refractivity contribution in [3.8, 4) is 0 Å². The summed E-state index contributed by atoms with van der Waals surface area (Å²) in [6, 6.07) is 2.04. The van der Waals surface area contributed by atoms with Crippen molar-refractivity contribution in [1.29, 1.82) is 0 Å². The zero-order valence-electron chi connectivity index (χ0n) is 10.5. The third kappa shape index (κ3) is 3.30. The first kappa shape index (κ1) is 14.8. The predicted molar refractivity (Wildman–Crippen MR) is 69.7 cm³/mol. The van der Waals surface area contributed by atoms with Gasteiger partial charge in [0.2, 0.25) is 0 Å². The zero-order chi connectivity index (χ0) is 14.0. The van der Waals surface area contributed by atoms with E-state index in [4.69, 9.17) is 4.74 Å². The molecule has 1 aromatic rings. The molecule has 0 bridgehead atoms. The van der Waals surface area contributed by atoms with E-state index in [0.717, 1.165) is 6.07 Å². The molecule has 1 aliphatic heterocycles. The van der Waals surface area contributed by atoms with Crippen molar-refractivity contribution in [1.82, 2.24) is 5.32 Å². The molecule has 19 heavy (non-hydrogen) atoms. The van der Waals surface area contributed by atoms with Gasteiger partial charge in [-0.2, -0.15) is 0 Å². The molecule has 2 nitrogen and oxygen atoms in total. The van der Waals surface area contributed by atoms with Gasteiger partial charge in [-0.3, -0.25) is 0 Å². The molecule has 1 N–H and O–H groups in total. The van der Waals surface area contributed by atoms with Gasteiger partial charge in [0.1, 0.15) is 17.3 Å². The van der Waals surface area contributed by atoms with Gasteiger partial charge in [0.25, 0.3) is 0 Å². The maximum atomic E-state index is 14.7. The standard InChI is InChI=1S/C13H15BrF3NO/c1-13(17,6-8-7-19-5-4-18-8)11-10(15)3-2-9(14)12(11)16/h2-3,8,18H,4-7H2,1H3. The van der Waals surface area contributed by atoms with E-state index in [-0.39, 0.29) is 16.9 Å². The minimum absolute atomic E-state index is 0.0444. The molecule has 0 aliphatic carbocycles. The van der Waals surface area contributed by atoms with Gasteiger partial charge >= 0.3 is 0 Å². The SMILES string of the molecule is CC(F)(CC1COCCN1)c1c(F)ccc(Br)c1F. The first-order valence-corrected chi connectivity index (χ1v) is 6.85. The number of ether oxygens (including phenoxy) is 1. The quantitative estimate of drug-likeness (QED) is 0.854. The highest BCUT2D eigenvalue weighted by molar-refractivity contribution is 9.10. The number of hydrogen-bond donors (Lipinski definition) is 1. The topological polar surface area (TPSA) is 21.3 Å². The van der Waals surface area contributed by atoms with Crippen LogP contribution in [0.2, 0.25) is 0 Å². The van der Waals surface area contributed by atoms with Crippen LogP contribution >= 0.6 is 15.9 Å². The van der Waals surface area contributed by atoms with Crippen molar-refractivity contribution < 1.29 is 17.9 Å². The van der Waals surface area contributed by atoms with Gasteiger partial charge in [-0.1, -0.05) is 0 Å². The van der Waals surface area contributed by atoms with Gasteiger partial charge in [-0.05, 0) is 35.0 Å². The number of hydrogen-bond acceptors (Lipinski definition) is 2. The molecule has 6 heteroatoms. The Balaban J connectivity index is 2.25.